The molecular weight excluding hydrogens is 844 g/mol. The number of fused-ring (bicyclic) bond motifs is 1. The Bertz CT molecular complexity index is 2250. The molecule has 0 saturated carbocycles. The van der Waals surface area contributed by atoms with Gasteiger partial charge in [0, 0.05) is 24.3 Å². The molecular formula is C41H45O22+. The van der Waals surface area contributed by atoms with E-state index in [1.807, 2.05) is 0 Å². The topological polar surface area (TPSA) is 356 Å². The highest BCUT2D eigenvalue weighted by Gasteiger charge is 2.51. The molecule has 63 heavy (non-hydrogen) atoms. The summed E-state index contributed by atoms with van der Waals surface area (Å²) in [5, 5.41) is 136. The molecule has 4 aromatic rings. The van der Waals surface area contributed by atoms with E-state index >= 15 is 0 Å². The number of rotatable bonds is 12. The van der Waals surface area contributed by atoms with E-state index in [-0.39, 0.29) is 39.5 Å². The van der Waals surface area contributed by atoms with Gasteiger partial charge in [-0.15, -0.1) is 0 Å². The van der Waals surface area contributed by atoms with Gasteiger partial charge in [-0.2, -0.15) is 0 Å². The molecule has 340 valence electrons. The smallest absolute Gasteiger partial charge is 0.402 e. The maximum absolute atomic E-state index is 12.7. The molecule has 14 unspecified atom stereocenters. The molecule has 22 nitrogen and oxygen atoms in total. The Hall–Kier alpha value is -5.44. The third kappa shape index (κ3) is 9.88. The maximum atomic E-state index is 12.7. The van der Waals surface area contributed by atoms with Crippen LogP contribution in [0.5, 0.6) is 34.5 Å². The maximum Gasteiger partial charge on any atom is 0.402 e. The second kappa shape index (κ2) is 19.1. The van der Waals surface area contributed by atoms with Crippen molar-refractivity contribution in [2.75, 3.05) is 19.8 Å². The first kappa shape index (κ1) is 45.6. The first-order chi connectivity index (χ1) is 30.0. The van der Waals surface area contributed by atoms with E-state index in [0.717, 1.165) is 30.3 Å². The molecule has 4 heterocycles. The molecule has 3 aliphatic heterocycles. The summed E-state index contributed by atoms with van der Waals surface area (Å²) < 4.78 is 46.4. The lowest BCUT2D eigenvalue weighted by Crippen LogP contribution is -2.64. The summed E-state index contributed by atoms with van der Waals surface area (Å²) in [6, 6.07) is 12.7. The van der Waals surface area contributed by atoms with Crippen LogP contribution in [0.15, 0.2) is 71.2 Å². The van der Waals surface area contributed by atoms with Crippen molar-refractivity contribution < 1.29 is 109 Å². The van der Waals surface area contributed by atoms with Crippen LogP contribution in [0, 0.1) is 0 Å². The zero-order valence-electron chi connectivity index (χ0n) is 32.6. The van der Waals surface area contributed by atoms with E-state index < -0.39 is 129 Å². The van der Waals surface area contributed by atoms with Crippen LogP contribution in [0.25, 0.3) is 28.4 Å². The minimum atomic E-state index is -2.00. The number of phenolic OH excluding ortho intramolecular Hbond substituents is 4. The van der Waals surface area contributed by atoms with Gasteiger partial charge in [0.15, 0.2) is 23.9 Å². The summed E-state index contributed by atoms with van der Waals surface area (Å²) in [5.41, 5.74) is 0.390. The van der Waals surface area contributed by atoms with Crippen molar-refractivity contribution in [3.05, 3.63) is 72.3 Å². The molecule has 3 aromatic carbocycles. The summed E-state index contributed by atoms with van der Waals surface area (Å²) in [7, 11) is 0. The van der Waals surface area contributed by atoms with E-state index in [9.17, 15) is 71.2 Å². The molecule has 0 aliphatic carbocycles. The molecule has 22 heteroatoms. The first-order valence-electron chi connectivity index (χ1n) is 19.3. The summed E-state index contributed by atoms with van der Waals surface area (Å²) >= 11 is 0. The third-order valence-corrected chi connectivity index (χ3v) is 10.5. The molecule has 3 fully saturated rings. The van der Waals surface area contributed by atoms with Crippen molar-refractivity contribution in [3.63, 3.8) is 0 Å². The molecule has 3 aliphatic rings. The fourth-order valence-corrected chi connectivity index (χ4v) is 6.94. The van der Waals surface area contributed by atoms with Gasteiger partial charge in [0.05, 0.1) is 24.8 Å². The van der Waals surface area contributed by atoms with Crippen LogP contribution in [0.3, 0.4) is 0 Å². The first-order valence-corrected chi connectivity index (χ1v) is 19.3. The molecule has 7 rings (SSSR count). The number of aromatic hydroxyl groups is 4. The van der Waals surface area contributed by atoms with Gasteiger partial charge in [-0.25, -0.2) is 9.21 Å². The van der Waals surface area contributed by atoms with Crippen LogP contribution < -0.4 is 9.47 Å². The second-order valence-corrected chi connectivity index (χ2v) is 14.9. The Morgan fingerprint density at radius 1 is 0.683 bits per heavy atom. The van der Waals surface area contributed by atoms with Crippen molar-refractivity contribution in [2.45, 2.75) is 86.0 Å². The van der Waals surface area contributed by atoms with Gasteiger partial charge in [0.25, 0.3) is 0 Å². The number of carbonyl (C=O) groups is 1. The molecule has 1 aromatic heterocycles. The zero-order chi connectivity index (χ0) is 45.3. The van der Waals surface area contributed by atoms with Crippen molar-refractivity contribution in [1.29, 1.82) is 0 Å². The minimum Gasteiger partial charge on any atom is -0.508 e. The highest BCUT2D eigenvalue weighted by molar-refractivity contribution is 5.89. The van der Waals surface area contributed by atoms with Crippen LogP contribution in [0.4, 0.5) is 0 Å². The Labute approximate surface area is 355 Å². The number of phenols is 4. The van der Waals surface area contributed by atoms with Gasteiger partial charge >= 0.3 is 17.3 Å². The van der Waals surface area contributed by atoms with Gasteiger partial charge in [0.2, 0.25) is 18.3 Å². The Kier molecular flexibility index (Phi) is 13.8. The monoisotopic (exact) mass is 889 g/mol. The van der Waals surface area contributed by atoms with E-state index in [4.69, 9.17) is 37.6 Å². The van der Waals surface area contributed by atoms with Crippen LogP contribution >= 0.6 is 0 Å². The van der Waals surface area contributed by atoms with E-state index in [1.165, 1.54) is 42.5 Å². The lowest BCUT2D eigenvalue weighted by atomic mass is 9.98. The van der Waals surface area contributed by atoms with Crippen molar-refractivity contribution in [3.8, 4) is 45.8 Å². The average Bonchev–Trinajstić information content (AvgIpc) is 3.26. The van der Waals surface area contributed by atoms with Gasteiger partial charge in [-0.05, 0) is 35.9 Å². The fraction of sp³-hybridized carbons (Fsp3) is 0.415. The third-order valence-electron chi connectivity index (χ3n) is 10.5. The lowest BCUT2D eigenvalue weighted by Gasteiger charge is -2.44. The van der Waals surface area contributed by atoms with Gasteiger partial charge in [-0.3, -0.25) is 0 Å². The highest BCUT2D eigenvalue weighted by Crippen LogP contribution is 2.43. The van der Waals surface area contributed by atoms with Crippen LogP contribution in [-0.4, -0.2) is 178 Å². The molecule has 3 saturated heterocycles. The van der Waals surface area contributed by atoms with Crippen LogP contribution in [0.2, 0.25) is 0 Å². The lowest BCUT2D eigenvalue weighted by molar-refractivity contribution is -0.345. The van der Waals surface area contributed by atoms with Crippen molar-refractivity contribution in [1.82, 2.24) is 0 Å². The van der Waals surface area contributed by atoms with Crippen molar-refractivity contribution in [2.24, 2.45) is 0 Å². The minimum absolute atomic E-state index is 0.000881. The SMILES string of the molecule is O=C(C=Cc1ccc(O)cc1)OCC1OC(Oc2cc3c(OC4OC(CO)C(O)C(O)C4O)cc(O)cc3[o+]c2-c2ccc(O)c(O)c2)C(OC2OCC(O)C(O)C2O)C(O)C1O. The number of aliphatic hydroxyl groups is 9. The number of hydrogen-bond donors (Lipinski definition) is 13. The normalized spacial score (nSPS) is 32.4. The van der Waals surface area contributed by atoms with E-state index in [0.29, 0.717) is 5.56 Å². The molecule has 0 amide bonds. The van der Waals surface area contributed by atoms with Gasteiger partial charge < -0.3 is 99.5 Å². The zero-order valence-corrected chi connectivity index (χ0v) is 32.6. The van der Waals surface area contributed by atoms with Crippen molar-refractivity contribution >= 4 is 23.0 Å². The Balaban J connectivity index is 1.26. The number of aliphatic hydroxyl groups excluding tert-OH is 9. The Morgan fingerprint density at radius 3 is 2.08 bits per heavy atom. The summed E-state index contributed by atoms with van der Waals surface area (Å²) in [6.07, 6.45) is -22.3. The van der Waals surface area contributed by atoms with Gasteiger partial charge in [0.1, 0.15) is 90.3 Å². The van der Waals surface area contributed by atoms with E-state index in [1.54, 1.807) is 0 Å². The number of benzene rings is 3. The second-order valence-electron chi connectivity index (χ2n) is 14.9. The van der Waals surface area contributed by atoms with Gasteiger partial charge in [-0.1, -0.05) is 12.1 Å². The molecule has 0 radical (unpaired) electrons. The number of ether oxygens (including phenoxy) is 7. The predicted molar refractivity (Wildman–Crippen MR) is 207 cm³/mol. The van der Waals surface area contributed by atoms with Crippen LogP contribution in [0.1, 0.15) is 5.56 Å². The summed E-state index contributed by atoms with van der Waals surface area (Å²) in [6.45, 7) is -2.01. The summed E-state index contributed by atoms with van der Waals surface area (Å²) in [5.74, 6) is -3.43. The molecule has 13 N–H and O–H groups in total. The van der Waals surface area contributed by atoms with Crippen LogP contribution in [-0.2, 0) is 28.5 Å². The standard InChI is InChI=1S/C41H44O22/c42-13-27-31(50)33(52)36(55)40(61-27)59-25-11-19(44)10-24-20(25)12-26(37(58-24)17-4-7-21(45)22(46)9-17)60-41-38(63-39-35(54)30(49)23(47)14-57-39)34(53)32(51)28(62-41)15-56-29(48)8-3-16-1-5-18(43)6-2-16/h1-12,23,27-28,30-36,38-42,47,49-55H,13-15H2,(H3-,43,44,45,46,48)/p+1. The number of carbonyl (C=O) groups excluding carboxylic acids is 1. The molecule has 14 atom stereocenters. The number of hydrogen-bond acceptors (Lipinski definition) is 21. The average molecular weight is 890 g/mol. The largest absolute Gasteiger partial charge is 0.508 e. The predicted octanol–water partition coefficient (Wildman–Crippen LogP) is -1.71. The molecule has 0 spiro atoms. The Morgan fingerprint density at radius 2 is 1.37 bits per heavy atom. The fourth-order valence-electron chi connectivity index (χ4n) is 6.94. The van der Waals surface area contributed by atoms with E-state index in [2.05, 4.69) is 0 Å². The number of esters is 1. The summed E-state index contributed by atoms with van der Waals surface area (Å²) in [4.78, 5) is 12.7. The highest BCUT2D eigenvalue weighted by atomic mass is 16.8. The quantitative estimate of drug-likeness (QED) is 0.0326. The molecule has 0 bridgehead atoms.